The standard InChI is InChI=1S/C41H78N6O/c1-30(35-14-15-36-34-13-12-31-28-33(48)16-18-40(31,2)37(34)17-19-41(35,36)3)8-6-20-42-21-7-9-32-29-47-39-11-5-4-10-38(39)46-27-25-44-23-22-43-24-26-45-32/h30-39,42-48H,4-29H2,1-3H3/t30-,31-,32+,33-,34+,35-,36?,37?,38-,39-,40+,41-/m1/s1. The minimum atomic E-state index is -0.0266. The smallest absolute Gasteiger partial charge is 0.0543 e. The fourth-order valence-corrected chi connectivity index (χ4v) is 12.9. The Morgan fingerprint density at radius 1 is 0.708 bits per heavy atom. The van der Waals surface area contributed by atoms with Gasteiger partial charge >= 0.3 is 0 Å². The van der Waals surface area contributed by atoms with Crippen molar-refractivity contribution in [2.75, 3.05) is 58.9 Å². The van der Waals surface area contributed by atoms with Gasteiger partial charge in [0.15, 0.2) is 0 Å². The number of aliphatic hydroxyl groups is 1. The van der Waals surface area contributed by atoms with E-state index < -0.39 is 0 Å². The zero-order valence-corrected chi connectivity index (χ0v) is 31.6. The maximum absolute atomic E-state index is 10.4. The largest absolute Gasteiger partial charge is 0.393 e. The molecule has 7 nitrogen and oxygen atoms in total. The van der Waals surface area contributed by atoms with E-state index >= 15 is 0 Å². The number of fused-ring (bicyclic) bond motifs is 6. The lowest BCUT2D eigenvalue weighted by Crippen LogP contribution is -2.54. The molecule has 7 N–H and O–H groups in total. The first-order valence-electron chi connectivity index (χ1n) is 21.4. The lowest BCUT2D eigenvalue weighted by Gasteiger charge is -2.61. The molecule has 0 bridgehead atoms. The summed E-state index contributed by atoms with van der Waals surface area (Å²) < 4.78 is 0. The minimum Gasteiger partial charge on any atom is -0.393 e. The highest BCUT2D eigenvalue weighted by Crippen LogP contribution is 2.68. The molecule has 7 heteroatoms. The molecule has 1 aliphatic heterocycles. The van der Waals surface area contributed by atoms with Crippen molar-refractivity contribution in [1.82, 2.24) is 31.9 Å². The molecule has 6 rings (SSSR count). The first-order chi connectivity index (χ1) is 23.4. The van der Waals surface area contributed by atoms with Crippen LogP contribution in [-0.4, -0.2) is 88.2 Å². The molecule has 5 aliphatic carbocycles. The summed E-state index contributed by atoms with van der Waals surface area (Å²) in [6.07, 6.45) is 22.7. The van der Waals surface area contributed by atoms with Crippen LogP contribution in [-0.2, 0) is 0 Å². The van der Waals surface area contributed by atoms with Crippen LogP contribution in [0.3, 0.4) is 0 Å². The topological polar surface area (TPSA) is 92.4 Å². The van der Waals surface area contributed by atoms with Crippen LogP contribution in [0.1, 0.15) is 130 Å². The van der Waals surface area contributed by atoms with Crippen molar-refractivity contribution in [2.45, 2.75) is 154 Å². The monoisotopic (exact) mass is 671 g/mol. The van der Waals surface area contributed by atoms with Crippen molar-refractivity contribution in [1.29, 1.82) is 0 Å². The van der Waals surface area contributed by atoms with Crippen LogP contribution in [0.5, 0.6) is 0 Å². The molecule has 5 saturated carbocycles. The van der Waals surface area contributed by atoms with E-state index in [1.165, 1.54) is 103 Å². The van der Waals surface area contributed by atoms with Crippen molar-refractivity contribution in [2.24, 2.45) is 46.3 Å². The Morgan fingerprint density at radius 2 is 1.40 bits per heavy atom. The van der Waals surface area contributed by atoms with Gasteiger partial charge < -0.3 is 37.0 Å². The number of rotatable bonds is 9. The zero-order chi connectivity index (χ0) is 33.4. The summed E-state index contributed by atoms with van der Waals surface area (Å²) in [6, 6.07) is 1.79. The molecular formula is C41H78N6O. The van der Waals surface area contributed by atoms with E-state index in [1.54, 1.807) is 0 Å². The molecule has 0 radical (unpaired) electrons. The molecule has 6 fully saturated rings. The molecule has 278 valence electrons. The quantitative estimate of drug-likeness (QED) is 0.165. The maximum atomic E-state index is 10.4. The van der Waals surface area contributed by atoms with Gasteiger partial charge in [-0.25, -0.2) is 0 Å². The van der Waals surface area contributed by atoms with Gasteiger partial charge in [-0.2, -0.15) is 0 Å². The number of hydrogen-bond acceptors (Lipinski definition) is 7. The van der Waals surface area contributed by atoms with Crippen LogP contribution in [0.15, 0.2) is 0 Å². The van der Waals surface area contributed by atoms with Gasteiger partial charge in [-0.15, -0.1) is 0 Å². The molecular weight excluding hydrogens is 592 g/mol. The van der Waals surface area contributed by atoms with Gasteiger partial charge in [0.2, 0.25) is 0 Å². The average molecular weight is 671 g/mol. The van der Waals surface area contributed by atoms with Gasteiger partial charge in [-0.1, -0.05) is 33.6 Å². The lowest BCUT2D eigenvalue weighted by molar-refractivity contribution is -0.129. The Labute approximate surface area is 295 Å². The summed E-state index contributed by atoms with van der Waals surface area (Å²) in [6.45, 7) is 17.7. The van der Waals surface area contributed by atoms with Crippen molar-refractivity contribution in [3.63, 3.8) is 0 Å². The molecule has 0 aromatic carbocycles. The van der Waals surface area contributed by atoms with Crippen molar-refractivity contribution in [3.05, 3.63) is 0 Å². The molecule has 6 aliphatic rings. The van der Waals surface area contributed by atoms with Gasteiger partial charge in [0.1, 0.15) is 0 Å². The molecule has 1 heterocycles. The first-order valence-corrected chi connectivity index (χ1v) is 21.4. The molecule has 2 unspecified atom stereocenters. The third-order valence-electron chi connectivity index (χ3n) is 15.6. The fourth-order valence-electron chi connectivity index (χ4n) is 12.9. The SMILES string of the molecule is C[C@H](CCCNCCC[C@H]1CN[C@@H]2CCCC[C@H]2NCCNCCNCCN1)[C@H]1CCC2[C@@H]3CC[C@@H]4C[C@H](O)CC[C@]4(C)C3CC[C@@]21C. The fraction of sp³-hybridized carbons (Fsp3) is 1.00. The number of aliphatic hydroxyl groups excluding tert-OH is 1. The molecule has 0 aromatic rings. The van der Waals surface area contributed by atoms with Gasteiger partial charge in [-0.3, -0.25) is 0 Å². The van der Waals surface area contributed by atoms with E-state index in [1.807, 2.05) is 0 Å². The molecule has 0 amide bonds. The molecule has 1 saturated heterocycles. The molecule has 0 aromatic heterocycles. The van der Waals surface area contributed by atoms with E-state index in [0.29, 0.717) is 29.0 Å². The third-order valence-corrected chi connectivity index (χ3v) is 15.6. The predicted octanol–water partition coefficient (Wildman–Crippen LogP) is 5.43. The Hall–Kier alpha value is -0.280. The highest BCUT2D eigenvalue weighted by molar-refractivity contribution is 5.09. The first kappa shape index (κ1) is 37.5. The second-order valence-corrected chi connectivity index (χ2v) is 18.3. The van der Waals surface area contributed by atoms with E-state index in [4.69, 9.17) is 0 Å². The van der Waals surface area contributed by atoms with Crippen LogP contribution in [0.25, 0.3) is 0 Å². The number of hydrogen-bond donors (Lipinski definition) is 7. The summed E-state index contributed by atoms with van der Waals surface area (Å²) in [7, 11) is 0. The number of nitrogens with one attached hydrogen (secondary N) is 6. The van der Waals surface area contributed by atoms with Crippen LogP contribution < -0.4 is 31.9 Å². The normalized spacial score (nSPS) is 43.9. The lowest BCUT2D eigenvalue weighted by atomic mass is 9.44. The van der Waals surface area contributed by atoms with Crippen molar-refractivity contribution in [3.8, 4) is 0 Å². The van der Waals surface area contributed by atoms with Crippen LogP contribution in [0, 0.1) is 46.3 Å². The van der Waals surface area contributed by atoms with Gasteiger partial charge in [-0.05, 0) is 156 Å². The van der Waals surface area contributed by atoms with Crippen molar-refractivity contribution < 1.29 is 5.11 Å². The van der Waals surface area contributed by atoms with Crippen molar-refractivity contribution >= 4 is 0 Å². The van der Waals surface area contributed by atoms with Gasteiger partial charge in [0, 0.05) is 63.9 Å². The van der Waals surface area contributed by atoms with Crippen LogP contribution in [0.4, 0.5) is 0 Å². The summed E-state index contributed by atoms with van der Waals surface area (Å²) in [5.74, 6) is 5.38. The Bertz CT molecular complexity index is 952. The molecule has 12 atom stereocenters. The second-order valence-electron chi connectivity index (χ2n) is 18.3. The Balaban J connectivity index is 0.898. The van der Waals surface area contributed by atoms with E-state index in [-0.39, 0.29) is 6.10 Å². The van der Waals surface area contributed by atoms with Crippen LogP contribution >= 0.6 is 0 Å². The second kappa shape index (κ2) is 18.0. The Morgan fingerprint density at radius 3 is 2.21 bits per heavy atom. The summed E-state index contributed by atoms with van der Waals surface area (Å²) in [5, 5.41) is 33.2. The summed E-state index contributed by atoms with van der Waals surface area (Å²) >= 11 is 0. The maximum Gasteiger partial charge on any atom is 0.0543 e. The highest BCUT2D eigenvalue weighted by Gasteiger charge is 2.60. The Kier molecular flexibility index (Phi) is 14.0. The van der Waals surface area contributed by atoms with Crippen LogP contribution in [0.2, 0.25) is 0 Å². The molecule has 48 heavy (non-hydrogen) atoms. The van der Waals surface area contributed by atoms with Gasteiger partial charge in [0.25, 0.3) is 0 Å². The summed E-state index contributed by atoms with van der Waals surface area (Å²) in [4.78, 5) is 0. The van der Waals surface area contributed by atoms with E-state index in [0.717, 1.165) is 101 Å². The molecule has 0 spiro atoms. The third kappa shape index (κ3) is 9.01. The highest BCUT2D eigenvalue weighted by atomic mass is 16.3. The minimum absolute atomic E-state index is 0.0266. The van der Waals surface area contributed by atoms with E-state index in [2.05, 4.69) is 52.7 Å². The van der Waals surface area contributed by atoms with E-state index in [9.17, 15) is 5.11 Å². The summed E-state index contributed by atoms with van der Waals surface area (Å²) in [5.41, 5.74) is 1.07. The predicted molar refractivity (Wildman–Crippen MR) is 201 cm³/mol. The average Bonchev–Trinajstić information content (AvgIpc) is 3.44. The van der Waals surface area contributed by atoms with Gasteiger partial charge in [0.05, 0.1) is 6.10 Å². The zero-order valence-electron chi connectivity index (χ0n) is 31.6.